The van der Waals surface area contributed by atoms with Gasteiger partial charge in [-0.3, -0.25) is 0 Å². The second kappa shape index (κ2) is 10.9. The van der Waals surface area contributed by atoms with Crippen LogP contribution in [0.2, 0.25) is 0 Å². The number of guanidine groups is 1. The summed E-state index contributed by atoms with van der Waals surface area (Å²) in [6, 6.07) is 12.4. The van der Waals surface area contributed by atoms with Gasteiger partial charge in [-0.25, -0.2) is 14.4 Å². The van der Waals surface area contributed by atoms with Crippen molar-refractivity contribution in [2.75, 3.05) is 25.5 Å². The third-order valence-corrected chi connectivity index (χ3v) is 3.34. The third-order valence-electron chi connectivity index (χ3n) is 3.34. The van der Waals surface area contributed by atoms with Gasteiger partial charge in [-0.15, -0.1) is 24.0 Å². The Hall–Kier alpha value is -1.90. The van der Waals surface area contributed by atoms with Gasteiger partial charge in [0, 0.05) is 20.6 Å². The molecule has 1 aromatic heterocycles. The maximum atomic E-state index is 13.2. The summed E-state index contributed by atoms with van der Waals surface area (Å²) >= 11 is 0. The number of nitrogens with zero attached hydrogens (tertiary/aromatic N) is 3. The fourth-order valence-electron chi connectivity index (χ4n) is 2.14. The molecule has 0 spiro atoms. The van der Waals surface area contributed by atoms with Crippen molar-refractivity contribution in [3.8, 4) is 0 Å². The number of anilines is 1. The lowest BCUT2D eigenvalue weighted by Crippen LogP contribution is -2.37. The zero-order valence-electron chi connectivity index (χ0n) is 14.8. The van der Waals surface area contributed by atoms with E-state index in [-0.39, 0.29) is 29.8 Å². The Balaban J connectivity index is 0.00000312. The largest absolute Gasteiger partial charge is 0.363 e. The number of pyridine rings is 1. The van der Waals surface area contributed by atoms with Crippen LogP contribution in [0.3, 0.4) is 0 Å². The molecule has 0 aliphatic carbocycles. The Morgan fingerprint density at radius 2 is 1.92 bits per heavy atom. The Labute approximate surface area is 165 Å². The van der Waals surface area contributed by atoms with Gasteiger partial charge in [0.25, 0.3) is 0 Å². The Kier molecular flexibility index (Phi) is 9.18. The Morgan fingerprint density at radius 3 is 2.60 bits per heavy atom. The highest BCUT2D eigenvalue weighted by Crippen LogP contribution is 2.08. The molecule has 0 aliphatic heterocycles. The molecule has 0 unspecified atom stereocenters. The predicted octanol–water partition coefficient (Wildman–Crippen LogP) is 3.16. The molecule has 25 heavy (non-hydrogen) atoms. The molecule has 0 atom stereocenters. The highest BCUT2D eigenvalue weighted by molar-refractivity contribution is 14.0. The fourth-order valence-corrected chi connectivity index (χ4v) is 2.14. The first-order chi connectivity index (χ1) is 11.6. The SMILES string of the molecule is CCNC(=NCc1cccc(F)c1)NCc1cccc(N(C)C)n1.I. The zero-order chi connectivity index (χ0) is 17.4. The minimum atomic E-state index is -0.245. The van der Waals surface area contributed by atoms with Gasteiger partial charge >= 0.3 is 0 Å². The Bertz CT molecular complexity index is 691. The first-order valence-corrected chi connectivity index (χ1v) is 7.98. The molecule has 2 N–H and O–H groups in total. The highest BCUT2D eigenvalue weighted by atomic mass is 127. The van der Waals surface area contributed by atoms with Crippen LogP contribution in [-0.4, -0.2) is 31.6 Å². The first kappa shape index (κ1) is 21.1. The van der Waals surface area contributed by atoms with E-state index in [9.17, 15) is 4.39 Å². The van der Waals surface area contributed by atoms with Crippen LogP contribution < -0.4 is 15.5 Å². The van der Waals surface area contributed by atoms with E-state index in [1.807, 2.05) is 50.2 Å². The zero-order valence-corrected chi connectivity index (χ0v) is 17.1. The summed E-state index contributed by atoms with van der Waals surface area (Å²) in [6.07, 6.45) is 0. The van der Waals surface area contributed by atoms with E-state index in [0.29, 0.717) is 19.0 Å². The van der Waals surface area contributed by atoms with Crippen LogP contribution in [0, 0.1) is 5.82 Å². The van der Waals surface area contributed by atoms with Gasteiger partial charge in [0.05, 0.1) is 18.8 Å². The summed E-state index contributed by atoms with van der Waals surface area (Å²) < 4.78 is 13.2. The molecule has 1 heterocycles. The molecule has 0 saturated heterocycles. The van der Waals surface area contributed by atoms with Gasteiger partial charge < -0.3 is 15.5 Å². The van der Waals surface area contributed by atoms with Crippen molar-refractivity contribution in [1.29, 1.82) is 0 Å². The van der Waals surface area contributed by atoms with Gasteiger partial charge in [-0.1, -0.05) is 18.2 Å². The maximum Gasteiger partial charge on any atom is 0.191 e. The average Bonchev–Trinajstić information content (AvgIpc) is 2.57. The van der Waals surface area contributed by atoms with Crippen molar-refractivity contribution < 1.29 is 4.39 Å². The average molecular weight is 457 g/mol. The van der Waals surface area contributed by atoms with Gasteiger partial charge in [0.2, 0.25) is 0 Å². The van der Waals surface area contributed by atoms with Crippen LogP contribution in [0.15, 0.2) is 47.5 Å². The molecule has 136 valence electrons. The van der Waals surface area contributed by atoms with E-state index < -0.39 is 0 Å². The molecule has 2 rings (SSSR count). The molecule has 7 heteroatoms. The van der Waals surface area contributed by atoms with Crippen molar-refractivity contribution in [3.63, 3.8) is 0 Å². The number of hydrogen-bond donors (Lipinski definition) is 2. The van der Waals surface area contributed by atoms with Crippen molar-refractivity contribution in [2.45, 2.75) is 20.0 Å². The van der Waals surface area contributed by atoms with E-state index >= 15 is 0 Å². The summed E-state index contributed by atoms with van der Waals surface area (Å²) in [5.74, 6) is 1.35. The lowest BCUT2D eigenvalue weighted by molar-refractivity contribution is 0.625. The molecule has 0 fully saturated rings. The van der Waals surface area contributed by atoms with Gasteiger partial charge in [-0.05, 0) is 36.8 Å². The van der Waals surface area contributed by atoms with Crippen LogP contribution in [0.5, 0.6) is 0 Å². The molecule has 0 radical (unpaired) electrons. The van der Waals surface area contributed by atoms with Crippen LogP contribution in [0.1, 0.15) is 18.2 Å². The van der Waals surface area contributed by atoms with Crippen LogP contribution in [0.25, 0.3) is 0 Å². The predicted molar refractivity (Wildman–Crippen MR) is 112 cm³/mol. The maximum absolute atomic E-state index is 13.2. The standard InChI is InChI=1S/C18H24FN5.HI/c1-4-20-18(21-12-14-7-5-8-15(19)11-14)22-13-16-9-6-10-17(23-16)24(2)3;/h5-11H,4,12-13H2,1-3H3,(H2,20,21,22);1H. The summed E-state index contributed by atoms with van der Waals surface area (Å²) in [7, 11) is 3.92. The molecular formula is C18H25FIN5. The number of aromatic nitrogens is 1. The van der Waals surface area contributed by atoms with Crippen molar-refractivity contribution in [2.24, 2.45) is 4.99 Å². The molecule has 5 nitrogen and oxygen atoms in total. The van der Waals surface area contributed by atoms with Crippen LogP contribution >= 0.6 is 24.0 Å². The van der Waals surface area contributed by atoms with E-state index in [4.69, 9.17) is 0 Å². The number of nitrogens with one attached hydrogen (secondary N) is 2. The van der Waals surface area contributed by atoms with E-state index in [0.717, 1.165) is 23.6 Å². The number of benzene rings is 1. The number of aliphatic imine (C=N–C) groups is 1. The van der Waals surface area contributed by atoms with E-state index in [1.165, 1.54) is 12.1 Å². The number of rotatable bonds is 6. The minimum absolute atomic E-state index is 0. The fraction of sp³-hybridized carbons (Fsp3) is 0.333. The molecule has 2 aromatic rings. The molecular weight excluding hydrogens is 432 g/mol. The molecule has 0 amide bonds. The van der Waals surface area contributed by atoms with Gasteiger partial charge in [-0.2, -0.15) is 0 Å². The van der Waals surface area contributed by atoms with Crippen LogP contribution in [-0.2, 0) is 13.1 Å². The monoisotopic (exact) mass is 457 g/mol. The number of hydrogen-bond acceptors (Lipinski definition) is 3. The molecule has 0 aliphatic rings. The third kappa shape index (κ3) is 7.25. The normalized spacial score (nSPS) is 10.8. The van der Waals surface area contributed by atoms with E-state index in [1.54, 1.807) is 6.07 Å². The lowest BCUT2D eigenvalue weighted by Gasteiger charge is -2.14. The van der Waals surface area contributed by atoms with Crippen molar-refractivity contribution in [3.05, 3.63) is 59.5 Å². The summed E-state index contributed by atoms with van der Waals surface area (Å²) in [5.41, 5.74) is 1.76. The highest BCUT2D eigenvalue weighted by Gasteiger charge is 2.02. The van der Waals surface area contributed by atoms with Crippen molar-refractivity contribution in [1.82, 2.24) is 15.6 Å². The second-order valence-corrected chi connectivity index (χ2v) is 5.56. The first-order valence-electron chi connectivity index (χ1n) is 7.98. The number of halogens is 2. The summed E-state index contributed by atoms with van der Waals surface area (Å²) in [4.78, 5) is 11.0. The minimum Gasteiger partial charge on any atom is -0.363 e. The quantitative estimate of drug-likeness (QED) is 0.398. The van der Waals surface area contributed by atoms with Gasteiger partial charge in [0.15, 0.2) is 5.96 Å². The van der Waals surface area contributed by atoms with Crippen molar-refractivity contribution >= 4 is 35.8 Å². The molecule has 0 bridgehead atoms. The molecule has 1 aromatic carbocycles. The van der Waals surface area contributed by atoms with Gasteiger partial charge in [0.1, 0.15) is 11.6 Å². The summed E-state index contributed by atoms with van der Waals surface area (Å²) in [6.45, 7) is 3.74. The van der Waals surface area contributed by atoms with Crippen LogP contribution in [0.4, 0.5) is 10.2 Å². The summed E-state index contributed by atoms with van der Waals surface area (Å²) in [5, 5.41) is 6.43. The van der Waals surface area contributed by atoms with E-state index in [2.05, 4.69) is 20.6 Å². The smallest absolute Gasteiger partial charge is 0.191 e. The topological polar surface area (TPSA) is 52.6 Å². The lowest BCUT2D eigenvalue weighted by atomic mass is 10.2. The Morgan fingerprint density at radius 1 is 1.16 bits per heavy atom. The second-order valence-electron chi connectivity index (χ2n) is 5.56. The molecule has 0 saturated carbocycles.